The molecule has 4 rings (SSSR count). The van der Waals surface area contributed by atoms with E-state index < -0.39 is 20.0 Å². The highest BCUT2D eigenvalue weighted by Crippen LogP contribution is 2.26. The molecule has 0 fully saturated rings. The largest absolute Gasteiger partial charge is 0.497 e. The van der Waals surface area contributed by atoms with E-state index in [1.807, 2.05) is 0 Å². The molecule has 8 nitrogen and oxygen atoms in total. The molecule has 0 radical (unpaired) electrons. The Morgan fingerprint density at radius 2 is 0.857 bits per heavy atom. The van der Waals surface area contributed by atoms with Crippen LogP contribution >= 0.6 is 0 Å². The predicted molar refractivity (Wildman–Crippen MR) is 163 cm³/mol. The van der Waals surface area contributed by atoms with Crippen LogP contribution in [0.1, 0.15) is 0 Å². The molecule has 42 heavy (non-hydrogen) atoms. The number of ether oxygens (including phenoxy) is 2. The summed E-state index contributed by atoms with van der Waals surface area (Å²) in [5.74, 6) is 12.1. The second kappa shape index (κ2) is 13.6. The van der Waals surface area contributed by atoms with Crippen molar-refractivity contribution in [2.24, 2.45) is 0 Å². The second-order valence-corrected chi connectivity index (χ2v) is 12.4. The van der Waals surface area contributed by atoms with Crippen molar-refractivity contribution in [3.63, 3.8) is 0 Å². The summed E-state index contributed by atoms with van der Waals surface area (Å²) < 4.78 is 66.6. The first-order valence-electron chi connectivity index (χ1n) is 12.7. The number of anilines is 2. The van der Waals surface area contributed by atoms with E-state index in [1.165, 1.54) is 47.1 Å². The van der Waals surface area contributed by atoms with Crippen LogP contribution in [0.4, 0.5) is 11.4 Å². The lowest BCUT2D eigenvalue weighted by Gasteiger charge is -2.22. The summed E-state index contributed by atoms with van der Waals surface area (Å²) in [6.07, 6.45) is 0. The first-order valence-corrected chi connectivity index (χ1v) is 15.5. The summed E-state index contributed by atoms with van der Waals surface area (Å²) in [5.41, 5.74) is 0.808. The fourth-order valence-corrected chi connectivity index (χ4v) is 6.66. The fourth-order valence-electron chi connectivity index (χ4n) is 3.88. The predicted octanol–water partition coefficient (Wildman–Crippen LogP) is 4.80. The lowest BCUT2D eigenvalue weighted by Crippen LogP contribution is -2.31. The smallest absolute Gasteiger partial charge is 0.265 e. The molecule has 0 atom stereocenters. The van der Waals surface area contributed by atoms with Gasteiger partial charge in [0.05, 0.1) is 48.5 Å². The Hall–Kier alpha value is -4.90. The third-order valence-corrected chi connectivity index (χ3v) is 9.64. The van der Waals surface area contributed by atoms with Crippen molar-refractivity contribution in [2.45, 2.75) is 9.79 Å². The van der Waals surface area contributed by atoms with Gasteiger partial charge in [0.25, 0.3) is 20.0 Å². The lowest BCUT2D eigenvalue weighted by molar-refractivity contribution is 0.414. The molecule has 0 bridgehead atoms. The Bertz CT molecular complexity index is 1680. The molecule has 0 saturated heterocycles. The van der Waals surface area contributed by atoms with Crippen LogP contribution in [0.15, 0.2) is 119 Å². The maximum absolute atomic E-state index is 13.5. The van der Waals surface area contributed by atoms with Crippen molar-refractivity contribution in [1.29, 1.82) is 0 Å². The average Bonchev–Trinajstić information content (AvgIpc) is 3.03. The van der Waals surface area contributed by atoms with Crippen LogP contribution in [0.25, 0.3) is 0 Å². The highest BCUT2D eigenvalue weighted by molar-refractivity contribution is 7.93. The summed E-state index contributed by atoms with van der Waals surface area (Å²) in [6.45, 7) is -0.356. The van der Waals surface area contributed by atoms with Gasteiger partial charge in [-0.25, -0.2) is 16.8 Å². The monoisotopic (exact) mass is 600 g/mol. The van der Waals surface area contributed by atoms with E-state index in [9.17, 15) is 16.8 Å². The normalized spacial score (nSPS) is 10.8. The van der Waals surface area contributed by atoms with Crippen molar-refractivity contribution in [3.05, 3.63) is 109 Å². The van der Waals surface area contributed by atoms with Crippen molar-refractivity contribution in [2.75, 3.05) is 35.9 Å². The van der Waals surface area contributed by atoms with Crippen LogP contribution in [0, 0.1) is 23.7 Å². The van der Waals surface area contributed by atoms with Gasteiger partial charge in [0.15, 0.2) is 0 Å². The van der Waals surface area contributed by atoms with Crippen LogP contribution in [-0.4, -0.2) is 44.1 Å². The molecule has 4 aromatic carbocycles. The minimum atomic E-state index is -3.93. The van der Waals surface area contributed by atoms with Crippen LogP contribution in [0.5, 0.6) is 11.5 Å². The zero-order valence-electron chi connectivity index (χ0n) is 23.0. The summed E-state index contributed by atoms with van der Waals surface area (Å²) in [6, 6.07) is 29.3. The summed E-state index contributed by atoms with van der Waals surface area (Å²) in [5, 5.41) is 0. The molecule has 0 aromatic heterocycles. The van der Waals surface area contributed by atoms with Gasteiger partial charge in [-0.2, -0.15) is 0 Å². The van der Waals surface area contributed by atoms with Gasteiger partial charge in [0, 0.05) is 0 Å². The molecule has 0 saturated carbocycles. The molecule has 0 aliphatic carbocycles. The van der Waals surface area contributed by atoms with Gasteiger partial charge < -0.3 is 9.47 Å². The van der Waals surface area contributed by atoms with E-state index in [0.717, 1.165) is 0 Å². The number of benzene rings is 4. The Kier molecular flexibility index (Phi) is 9.77. The first kappa shape index (κ1) is 30.1. The van der Waals surface area contributed by atoms with Crippen LogP contribution in [-0.2, 0) is 20.0 Å². The van der Waals surface area contributed by atoms with Crippen LogP contribution in [0.3, 0.4) is 0 Å². The second-order valence-electron chi connectivity index (χ2n) is 8.65. The number of methoxy groups -OCH3 is 2. The quantitative estimate of drug-likeness (QED) is 0.243. The zero-order valence-corrected chi connectivity index (χ0v) is 24.6. The van der Waals surface area contributed by atoms with Gasteiger partial charge in [0.1, 0.15) is 11.5 Å². The SMILES string of the molecule is COc1ccc(N(CC#CC#CCN(c2ccc(OC)cc2)S(=O)(=O)c2ccccc2)S(=O)(=O)c2ccccc2)cc1. The molecule has 214 valence electrons. The maximum atomic E-state index is 13.5. The highest BCUT2D eigenvalue weighted by atomic mass is 32.2. The molecule has 0 amide bonds. The Labute approximate surface area is 247 Å². The van der Waals surface area contributed by atoms with Crippen LogP contribution < -0.4 is 18.1 Å². The van der Waals surface area contributed by atoms with E-state index in [-0.39, 0.29) is 22.9 Å². The summed E-state index contributed by atoms with van der Waals surface area (Å²) >= 11 is 0. The van der Waals surface area contributed by atoms with Gasteiger partial charge in [0.2, 0.25) is 0 Å². The molecule has 10 heteroatoms. The van der Waals surface area contributed by atoms with E-state index in [0.29, 0.717) is 22.9 Å². The number of rotatable bonds is 10. The Morgan fingerprint density at radius 1 is 0.524 bits per heavy atom. The minimum Gasteiger partial charge on any atom is -0.497 e. The highest BCUT2D eigenvalue weighted by Gasteiger charge is 2.25. The molecule has 0 aliphatic heterocycles. The van der Waals surface area contributed by atoms with Crippen LogP contribution in [0.2, 0.25) is 0 Å². The Morgan fingerprint density at radius 3 is 1.17 bits per heavy atom. The molecule has 0 heterocycles. The maximum Gasteiger partial charge on any atom is 0.265 e. The average molecular weight is 601 g/mol. The number of hydrogen-bond acceptors (Lipinski definition) is 6. The van der Waals surface area contributed by atoms with E-state index in [2.05, 4.69) is 23.7 Å². The van der Waals surface area contributed by atoms with Gasteiger partial charge in [-0.1, -0.05) is 48.2 Å². The molecule has 0 spiro atoms. The fraction of sp³-hybridized carbons (Fsp3) is 0.125. The number of nitrogens with zero attached hydrogens (tertiary/aromatic N) is 2. The van der Waals surface area contributed by atoms with E-state index in [1.54, 1.807) is 84.9 Å². The number of sulfonamides is 2. The van der Waals surface area contributed by atoms with Gasteiger partial charge in [-0.05, 0) is 84.6 Å². The van der Waals surface area contributed by atoms with Crippen molar-refractivity contribution >= 4 is 31.4 Å². The zero-order chi connectivity index (χ0) is 30.0. The lowest BCUT2D eigenvalue weighted by atomic mass is 10.3. The molecule has 0 unspecified atom stereocenters. The third-order valence-electron chi connectivity index (χ3n) is 6.07. The summed E-state index contributed by atoms with van der Waals surface area (Å²) in [7, 11) is -4.80. The van der Waals surface area contributed by atoms with Gasteiger partial charge >= 0.3 is 0 Å². The molecular formula is C32H28N2O6S2. The van der Waals surface area contributed by atoms with Crippen molar-refractivity contribution < 1.29 is 26.3 Å². The standard InChI is InChI=1S/C32H28N2O6S2/c1-39-29-21-17-27(18-22-29)33(41(35,36)31-13-7-5-8-14-31)25-11-3-4-12-26-34(28-19-23-30(40-2)24-20-28)42(37,38)32-15-9-6-10-16-32/h5-10,13-24H,25-26H2,1-2H3. The minimum absolute atomic E-state index is 0.120. The van der Waals surface area contributed by atoms with E-state index in [4.69, 9.17) is 9.47 Å². The van der Waals surface area contributed by atoms with E-state index >= 15 is 0 Å². The first-order chi connectivity index (χ1) is 20.3. The van der Waals surface area contributed by atoms with Crippen molar-refractivity contribution in [1.82, 2.24) is 0 Å². The van der Waals surface area contributed by atoms with Gasteiger partial charge in [-0.15, -0.1) is 0 Å². The topological polar surface area (TPSA) is 93.2 Å². The third kappa shape index (κ3) is 7.05. The summed E-state index contributed by atoms with van der Waals surface area (Å²) in [4.78, 5) is 0.241. The Balaban J connectivity index is 1.60. The molecule has 0 aliphatic rings. The molecule has 0 N–H and O–H groups in total. The number of hydrogen-bond donors (Lipinski definition) is 0. The molecular weight excluding hydrogens is 572 g/mol. The van der Waals surface area contributed by atoms with Gasteiger partial charge in [-0.3, -0.25) is 8.61 Å². The molecule has 4 aromatic rings. The van der Waals surface area contributed by atoms with Crippen molar-refractivity contribution in [3.8, 4) is 35.2 Å².